The van der Waals surface area contributed by atoms with Gasteiger partial charge in [0.2, 0.25) is 5.91 Å². The maximum absolute atomic E-state index is 14.1. The van der Waals surface area contributed by atoms with Gasteiger partial charge in [-0.05, 0) is 80.2 Å². The number of esters is 1. The number of hydrogen-bond donors (Lipinski definition) is 3. The first-order valence-corrected chi connectivity index (χ1v) is 13.0. The van der Waals surface area contributed by atoms with Crippen molar-refractivity contribution in [1.29, 1.82) is 0 Å². The first-order valence-electron chi connectivity index (χ1n) is 12.2. The van der Waals surface area contributed by atoms with E-state index in [9.17, 15) is 19.2 Å². The Hall–Kier alpha value is -4.45. The number of amides is 3. The molecule has 0 bridgehead atoms. The van der Waals surface area contributed by atoms with E-state index < -0.39 is 36.3 Å². The summed E-state index contributed by atoms with van der Waals surface area (Å²) < 4.78 is 14.4. The lowest BCUT2D eigenvalue weighted by atomic mass is 10.0. The summed E-state index contributed by atoms with van der Waals surface area (Å²) in [4.78, 5) is 52.9. The van der Waals surface area contributed by atoms with Crippen molar-refractivity contribution in [3.8, 4) is 5.75 Å². The van der Waals surface area contributed by atoms with Gasteiger partial charge in [-0.25, -0.2) is 0 Å². The lowest BCUT2D eigenvalue weighted by molar-refractivity contribution is -0.143. The first-order chi connectivity index (χ1) is 18.6. The van der Waals surface area contributed by atoms with E-state index in [1.165, 1.54) is 4.90 Å². The van der Waals surface area contributed by atoms with E-state index in [4.69, 9.17) is 20.9 Å². The Labute approximate surface area is 230 Å². The predicted octanol–water partition coefficient (Wildman–Crippen LogP) is 2.91. The number of ether oxygens (including phenoxy) is 2. The van der Waals surface area contributed by atoms with Gasteiger partial charge in [0.05, 0.1) is 18.9 Å². The Balaban J connectivity index is 2.19. The number of nitrogen functional groups attached to an aromatic ring is 1. The average molecular weight is 554 g/mol. The summed E-state index contributed by atoms with van der Waals surface area (Å²) in [6.45, 7) is 7.42. The molecule has 0 saturated carbocycles. The molecule has 0 aliphatic carbocycles. The lowest BCUT2D eigenvalue weighted by Crippen LogP contribution is -2.45. The monoisotopic (exact) mass is 553 g/mol. The summed E-state index contributed by atoms with van der Waals surface area (Å²) in [6, 6.07) is 10.9. The number of aromatic nitrogens is 1. The number of aryl methyl sites for hydroxylation is 2. The van der Waals surface area contributed by atoms with E-state index in [0.29, 0.717) is 35.1 Å². The third-order valence-corrected chi connectivity index (χ3v) is 6.44. The van der Waals surface area contributed by atoms with Crippen LogP contribution in [0.15, 0.2) is 42.5 Å². The molecule has 2 aromatic carbocycles. The highest BCUT2D eigenvalue weighted by atomic mass is 32.1. The number of nitrogens with two attached hydrogens (primary N) is 2. The molecule has 3 amide bonds. The zero-order chi connectivity index (χ0) is 28.7. The molecule has 0 aliphatic rings. The molecule has 0 saturated heterocycles. The van der Waals surface area contributed by atoms with Crippen molar-refractivity contribution in [2.24, 2.45) is 5.73 Å². The van der Waals surface area contributed by atoms with Crippen LogP contribution < -0.4 is 26.4 Å². The normalized spacial score (nSPS) is 11.4. The maximum atomic E-state index is 14.1. The summed E-state index contributed by atoms with van der Waals surface area (Å²) in [6.07, 6.45) is 0. The minimum atomic E-state index is -1.25. The van der Waals surface area contributed by atoms with Gasteiger partial charge in [0.15, 0.2) is 5.69 Å². The lowest BCUT2D eigenvalue weighted by Gasteiger charge is -2.31. The van der Waals surface area contributed by atoms with Gasteiger partial charge in [0.25, 0.3) is 11.8 Å². The second kappa shape index (κ2) is 12.9. The third-order valence-electron chi connectivity index (χ3n) is 5.58. The minimum absolute atomic E-state index is 0.0583. The average Bonchev–Trinajstić information content (AvgIpc) is 3.27. The van der Waals surface area contributed by atoms with E-state index >= 15 is 0 Å². The number of anilines is 2. The maximum Gasteiger partial charge on any atom is 0.325 e. The Bertz CT molecular complexity index is 1350. The SMILES string of the molecule is CCOC(=O)CNC(=O)[C@H](c1ccc(OCC)cc1)N(C(=O)c1snc(C(N)=O)c1N)c1cc(C)cc(C)c1. The van der Waals surface area contributed by atoms with Crippen molar-refractivity contribution in [1.82, 2.24) is 9.69 Å². The largest absolute Gasteiger partial charge is 0.494 e. The number of rotatable bonds is 11. The molecular weight excluding hydrogens is 522 g/mol. The van der Waals surface area contributed by atoms with Gasteiger partial charge in [0.1, 0.15) is 23.2 Å². The van der Waals surface area contributed by atoms with Gasteiger partial charge in [-0.2, -0.15) is 4.37 Å². The Morgan fingerprint density at radius 3 is 2.21 bits per heavy atom. The number of nitrogens with one attached hydrogen (secondary N) is 1. The molecule has 12 heteroatoms. The van der Waals surface area contributed by atoms with Crippen LogP contribution in [0.25, 0.3) is 0 Å². The molecular formula is C27H31N5O6S. The molecule has 0 radical (unpaired) electrons. The molecule has 3 rings (SSSR count). The number of carbonyl (C=O) groups excluding carboxylic acids is 4. The number of hydrogen-bond acceptors (Lipinski definition) is 9. The van der Waals surface area contributed by atoms with Gasteiger partial charge in [-0.15, -0.1) is 0 Å². The number of benzene rings is 2. The summed E-state index contributed by atoms with van der Waals surface area (Å²) in [5.41, 5.74) is 13.6. The van der Waals surface area contributed by atoms with Crippen LogP contribution in [0.5, 0.6) is 5.75 Å². The van der Waals surface area contributed by atoms with Gasteiger partial charge in [-0.1, -0.05) is 18.2 Å². The van der Waals surface area contributed by atoms with Gasteiger partial charge in [-0.3, -0.25) is 24.1 Å². The van der Waals surface area contributed by atoms with E-state index in [1.807, 2.05) is 26.8 Å². The number of carbonyl (C=O) groups is 4. The molecule has 39 heavy (non-hydrogen) atoms. The molecule has 206 valence electrons. The van der Waals surface area contributed by atoms with E-state index in [1.54, 1.807) is 43.3 Å². The van der Waals surface area contributed by atoms with Gasteiger partial charge < -0.3 is 26.3 Å². The second-order valence-electron chi connectivity index (χ2n) is 8.59. The van der Waals surface area contributed by atoms with Crippen molar-refractivity contribution in [3.63, 3.8) is 0 Å². The number of nitrogens with zero attached hydrogens (tertiary/aromatic N) is 2. The van der Waals surface area contributed by atoms with E-state index in [-0.39, 0.29) is 22.9 Å². The first kappa shape index (κ1) is 29.1. The molecule has 1 heterocycles. The second-order valence-corrected chi connectivity index (χ2v) is 9.36. The summed E-state index contributed by atoms with van der Waals surface area (Å²) in [5.74, 6) is -2.24. The molecule has 0 fully saturated rings. The van der Waals surface area contributed by atoms with Crippen molar-refractivity contribution >= 4 is 46.6 Å². The summed E-state index contributed by atoms with van der Waals surface area (Å²) >= 11 is 0.709. The molecule has 1 atom stereocenters. The zero-order valence-corrected chi connectivity index (χ0v) is 23.0. The van der Waals surface area contributed by atoms with Crippen LogP contribution in [0.3, 0.4) is 0 Å². The minimum Gasteiger partial charge on any atom is -0.494 e. The summed E-state index contributed by atoms with van der Waals surface area (Å²) in [7, 11) is 0. The van der Waals surface area contributed by atoms with Gasteiger partial charge in [0, 0.05) is 5.69 Å². The Morgan fingerprint density at radius 1 is 1.03 bits per heavy atom. The predicted molar refractivity (Wildman–Crippen MR) is 148 cm³/mol. The van der Waals surface area contributed by atoms with Crippen LogP contribution in [0.4, 0.5) is 11.4 Å². The molecule has 3 aromatic rings. The summed E-state index contributed by atoms with van der Waals surface area (Å²) in [5, 5.41) is 2.57. The highest BCUT2D eigenvalue weighted by Gasteiger charge is 2.36. The highest BCUT2D eigenvalue weighted by molar-refractivity contribution is 7.09. The number of primary amides is 1. The van der Waals surface area contributed by atoms with Crippen molar-refractivity contribution < 1.29 is 28.7 Å². The van der Waals surface area contributed by atoms with E-state index in [0.717, 1.165) is 11.1 Å². The van der Waals surface area contributed by atoms with Crippen molar-refractivity contribution in [3.05, 3.63) is 69.7 Å². The molecule has 0 aliphatic heterocycles. The van der Waals surface area contributed by atoms with Crippen molar-refractivity contribution in [2.75, 3.05) is 30.4 Å². The zero-order valence-electron chi connectivity index (χ0n) is 22.1. The molecule has 0 spiro atoms. The van der Waals surface area contributed by atoms with Crippen LogP contribution in [0, 0.1) is 13.8 Å². The Morgan fingerprint density at radius 2 is 1.67 bits per heavy atom. The van der Waals surface area contributed by atoms with E-state index in [2.05, 4.69) is 9.69 Å². The van der Waals surface area contributed by atoms with Crippen LogP contribution >= 0.6 is 11.5 Å². The fourth-order valence-corrected chi connectivity index (χ4v) is 4.75. The van der Waals surface area contributed by atoms with Crippen LogP contribution in [0.1, 0.15) is 56.7 Å². The molecule has 11 nitrogen and oxygen atoms in total. The van der Waals surface area contributed by atoms with Crippen molar-refractivity contribution in [2.45, 2.75) is 33.7 Å². The smallest absolute Gasteiger partial charge is 0.325 e. The molecule has 1 aromatic heterocycles. The third kappa shape index (κ3) is 6.90. The molecule has 5 N–H and O–H groups in total. The fraction of sp³-hybridized carbons (Fsp3) is 0.296. The van der Waals surface area contributed by atoms with Crippen LogP contribution in [-0.4, -0.2) is 47.8 Å². The molecule has 0 unspecified atom stereocenters. The van der Waals surface area contributed by atoms with Crippen LogP contribution in [-0.2, 0) is 14.3 Å². The standard InChI is InChI=1S/C27H31N5O6S/c1-5-37-19-9-7-17(8-10-19)23(26(35)30-14-20(33)38-6-2)32(18-12-15(3)11-16(4)13-18)27(36)24-21(28)22(25(29)34)31-39-24/h7-13,23H,5-6,14,28H2,1-4H3,(H2,29,34)(H,30,35)/t23-/m0/s1. The highest BCUT2D eigenvalue weighted by Crippen LogP contribution is 2.34. The Kier molecular flexibility index (Phi) is 9.61. The quantitative estimate of drug-likeness (QED) is 0.305. The van der Waals surface area contributed by atoms with Gasteiger partial charge >= 0.3 is 5.97 Å². The van der Waals surface area contributed by atoms with Crippen LogP contribution in [0.2, 0.25) is 0 Å². The topological polar surface area (TPSA) is 167 Å². The fourth-order valence-electron chi connectivity index (χ4n) is 4.01.